The second-order valence-corrected chi connectivity index (χ2v) is 5.95. The molecule has 1 unspecified atom stereocenters. The Kier molecular flexibility index (Phi) is 10.8. The maximum Gasteiger partial charge on any atom is 0.165 e. The molecule has 0 fully saturated rings. The van der Waals surface area contributed by atoms with Crippen LogP contribution >= 0.6 is 37.2 Å². The summed E-state index contributed by atoms with van der Waals surface area (Å²) < 4.78 is 1.74. The molecule has 0 spiro atoms. The Bertz CT molecular complexity index is 874. The summed E-state index contributed by atoms with van der Waals surface area (Å²) in [5.41, 5.74) is 8.41. The number of aromatic nitrogens is 4. The number of phenolic OH excluding ortho intramolecular Hbond substituents is 1. The van der Waals surface area contributed by atoms with Crippen LogP contribution in [0.25, 0.3) is 22.5 Å². The molecule has 0 saturated carbocycles. The summed E-state index contributed by atoms with van der Waals surface area (Å²) in [6.45, 7) is 2.67. The Morgan fingerprint density at radius 3 is 2.57 bits per heavy atom. The zero-order valence-corrected chi connectivity index (χ0v) is 18.0. The van der Waals surface area contributed by atoms with Gasteiger partial charge in [0.1, 0.15) is 11.6 Å². The summed E-state index contributed by atoms with van der Waals surface area (Å²) >= 11 is 0. The van der Waals surface area contributed by atoms with Gasteiger partial charge in [-0.2, -0.15) is 5.10 Å². The topological polar surface area (TPSA) is 102 Å². The molecule has 3 rings (SSSR count). The van der Waals surface area contributed by atoms with E-state index in [2.05, 4.69) is 20.4 Å². The van der Waals surface area contributed by atoms with E-state index in [9.17, 15) is 5.11 Å². The summed E-state index contributed by atoms with van der Waals surface area (Å²) in [6, 6.07) is 7.21. The zero-order chi connectivity index (χ0) is 17.8. The van der Waals surface area contributed by atoms with Gasteiger partial charge in [0.25, 0.3) is 0 Å². The van der Waals surface area contributed by atoms with Gasteiger partial charge in [-0.1, -0.05) is 13.0 Å². The number of anilines is 1. The molecule has 0 radical (unpaired) electrons. The second kappa shape index (κ2) is 11.7. The molecular formula is C18H25Cl3N6O. The average Bonchev–Trinajstić information content (AvgIpc) is 3.06. The van der Waals surface area contributed by atoms with Crippen molar-refractivity contribution in [2.75, 3.05) is 11.9 Å². The Morgan fingerprint density at radius 1 is 1.18 bits per heavy atom. The largest absolute Gasteiger partial charge is 0.507 e. The SMILES string of the molecule is CCC(N)CNc1ccnc(-c2cc(-c3cnn(C)c3)ccc2O)n1.Cl.Cl.Cl. The molecule has 0 amide bonds. The fourth-order valence-corrected chi connectivity index (χ4v) is 2.43. The molecule has 0 bridgehead atoms. The van der Waals surface area contributed by atoms with E-state index in [0.29, 0.717) is 23.8 Å². The van der Waals surface area contributed by atoms with Gasteiger partial charge in [-0.05, 0) is 30.2 Å². The fraction of sp³-hybridized carbons (Fsp3) is 0.278. The van der Waals surface area contributed by atoms with Crippen molar-refractivity contribution in [1.82, 2.24) is 19.7 Å². The van der Waals surface area contributed by atoms with Gasteiger partial charge in [0, 0.05) is 37.6 Å². The normalized spacial score (nSPS) is 10.8. The van der Waals surface area contributed by atoms with E-state index >= 15 is 0 Å². The smallest absolute Gasteiger partial charge is 0.165 e. The summed E-state index contributed by atoms with van der Waals surface area (Å²) in [4.78, 5) is 8.79. The van der Waals surface area contributed by atoms with E-state index in [4.69, 9.17) is 5.73 Å². The van der Waals surface area contributed by atoms with E-state index in [1.807, 2.05) is 32.3 Å². The number of nitrogens with one attached hydrogen (secondary N) is 1. The van der Waals surface area contributed by atoms with Crippen LogP contribution in [0.15, 0.2) is 42.9 Å². The number of rotatable bonds is 6. The molecule has 2 aromatic heterocycles. The van der Waals surface area contributed by atoms with E-state index < -0.39 is 0 Å². The average molecular weight is 448 g/mol. The molecule has 1 atom stereocenters. The monoisotopic (exact) mass is 446 g/mol. The molecule has 10 heteroatoms. The van der Waals surface area contributed by atoms with Gasteiger partial charge in [0.2, 0.25) is 0 Å². The first-order valence-corrected chi connectivity index (χ1v) is 8.21. The van der Waals surface area contributed by atoms with E-state index in [-0.39, 0.29) is 49.0 Å². The number of aryl methyl sites for hydroxylation is 1. The van der Waals surface area contributed by atoms with Crippen LogP contribution in [0.1, 0.15) is 13.3 Å². The first-order valence-electron chi connectivity index (χ1n) is 8.21. The van der Waals surface area contributed by atoms with Crippen molar-refractivity contribution in [3.63, 3.8) is 0 Å². The Labute approximate surface area is 183 Å². The number of benzene rings is 1. The first kappa shape index (κ1) is 25.9. The summed E-state index contributed by atoms with van der Waals surface area (Å²) in [6.07, 6.45) is 6.25. The van der Waals surface area contributed by atoms with Crippen molar-refractivity contribution in [3.05, 3.63) is 42.9 Å². The first-order chi connectivity index (χ1) is 12.1. The molecule has 4 N–H and O–H groups in total. The van der Waals surface area contributed by atoms with Crippen LogP contribution < -0.4 is 11.1 Å². The third-order valence-corrected chi connectivity index (χ3v) is 4.00. The molecule has 28 heavy (non-hydrogen) atoms. The Hall–Kier alpha value is -2.06. The van der Waals surface area contributed by atoms with E-state index in [1.165, 1.54) is 0 Å². The molecule has 1 aromatic carbocycles. The number of nitrogens with zero attached hydrogens (tertiary/aromatic N) is 4. The van der Waals surface area contributed by atoms with Gasteiger partial charge in [-0.3, -0.25) is 4.68 Å². The minimum Gasteiger partial charge on any atom is -0.507 e. The minimum atomic E-state index is 0. The number of halogens is 3. The van der Waals surface area contributed by atoms with Gasteiger partial charge in [0.05, 0.1) is 11.8 Å². The van der Waals surface area contributed by atoms with Crippen LogP contribution in [-0.4, -0.2) is 37.4 Å². The predicted octanol–water partition coefficient (Wildman–Crippen LogP) is 3.66. The zero-order valence-electron chi connectivity index (χ0n) is 15.6. The molecule has 3 aromatic rings. The maximum absolute atomic E-state index is 10.2. The summed E-state index contributed by atoms with van der Waals surface area (Å²) in [7, 11) is 1.87. The molecule has 2 heterocycles. The van der Waals surface area contributed by atoms with Crippen LogP contribution in [0, 0.1) is 0 Å². The summed E-state index contributed by atoms with van der Waals surface area (Å²) in [5.74, 6) is 1.27. The molecule has 154 valence electrons. The number of aromatic hydroxyl groups is 1. The highest BCUT2D eigenvalue weighted by atomic mass is 35.5. The highest BCUT2D eigenvalue weighted by molar-refractivity contribution is 5.86. The van der Waals surface area contributed by atoms with Crippen molar-refractivity contribution in [3.8, 4) is 28.3 Å². The van der Waals surface area contributed by atoms with E-state index in [1.54, 1.807) is 29.2 Å². The quantitative estimate of drug-likeness (QED) is 0.533. The van der Waals surface area contributed by atoms with Gasteiger partial charge in [-0.25, -0.2) is 9.97 Å². The second-order valence-electron chi connectivity index (χ2n) is 5.95. The van der Waals surface area contributed by atoms with Crippen molar-refractivity contribution in [1.29, 1.82) is 0 Å². The predicted molar refractivity (Wildman–Crippen MR) is 120 cm³/mol. The van der Waals surface area contributed by atoms with Crippen LogP contribution in [0.2, 0.25) is 0 Å². The van der Waals surface area contributed by atoms with Crippen molar-refractivity contribution < 1.29 is 5.11 Å². The number of hydrogen-bond acceptors (Lipinski definition) is 6. The van der Waals surface area contributed by atoms with Crippen molar-refractivity contribution >= 4 is 43.0 Å². The lowest BCUT2D eigenvalue weighted by atomic mass is 10.0. The molecule has 0 aliphatic rings. The van der Waals surface area contributed by atoms with Gasteiger partial charge in [-0.15, -0.1) is 37.2 Å². The van der Waals surface area contributed by atoms with E-state index in [0.717, 1.165) is 17.5 Å². The maximum atomic E-state index is 10.2. The van der Waals surface area contributed by atoms with Crippen LogP contribution in [0.3, 0.4) is 0 Å². The number of hydrogen-bond donors (Lipinski definition) is 3. The van der Waals surface area contributed by atoms with Gasteiger partial charge >= 0.3 is 0 Å². The lowest BCUT2D eigenvalue weighted by molar-refractivity contribution is 0.477. The highest BCUT2D eigenvalue weighted by Crippen LogP contribution is 2.31. The lowest BCUT2D eigenvalue weighted by Crippen LogP contribution is -2.28. The Balaban J connectivity index is 0.00000243. The molecule has 0 saturated heterocycles. The number of phenols is 1. The Morgan fingerprint density at radius 2 is 1.93 bits per heavy atom. The minimum absolute atomic E-state index is 0. The van der Waals surface area contributed by atoms with Gasteiger partial charge in [0.15, 0.2) is 5.82 Å². The van der Waals surface area contributed by atoms with Crippen LogP contribution in [-0.2, 0) is 7.05 Å². The van der Waals surface area contributed by atoms with Crippen molar-refractivity contribution in [2.24, 2.45) is 12.8 Å². The third kappa shape index (κ3) is 6.24. The third-order valence-electron chi connectivity index (χ3n) is 4.00. The van der Waals surface area contributed by atoms with Crippen molar-refractivity contribution in [2.45, 2.75) is 19.4 Å². The van der Waals surface area contributed by atoms with Crippen LogP contribution in [0.4, 0.5) is 5.82 Å². The molecular weight excluding hydrogens is 423 g/mol. The fourth-order valence-electron chi connectivity index (χ4n) is 2.43. The molecule has 0 aliphatic heterocycles. The van der Waals surface area contributed by atoms with Gasteiger partial charge < -0.3 is 16.2 Å². The van der Waals surface area contributed by atoms with Crippen LogP contribution in [0.5, 0.6) is 5.75 Å². The molecule has 7 nitrogen and oxygen atoms in total. The summed E-state index contributed by atoms with van der Waals surface area (Å²) in [5, 5.41) is 17.6. The molecule has 0 aliphatic carbocycles. The highest BCUT2D eigenvalue weighted by Gasteiger charge is 2.11. The standard InChI is InChI=1S/C18H22N6O.3ClH/c1-3-14(19)10-21-17-6-7-20-18(23-17)15-8-12(4-5-16(15)25)13-9-22-24(2)11-13;;;/h4-9,11,14,25H,3,10,19H2,1-2H3,(H,20,21,23);3*1H. The lowest BCUT2D eigenvalue weighted by Gasteiger charge is -2.12. The number of nitrogens with two attached hydrogens (primary N) is 1.